The first kappa shape index (κ1) is 30.0. The molecule has 4 N–H and O–H groups in total. The maximum atomic E-state index is 12.6. The van der Waals surface area contributed by atoms with E-state index in [1.54, 1.807) is 36.4 Å². The average Bonchev–Trinajstić information content (AvgIpc) is 2.93. The van der Waals surface area contributed by atoms with Crippen molar-refractivity contribution in [2.75, 3.05) is 24.7 Å². The van der Waals surface area contributed by atoms with Crippen LogP contribution in [0.4, 0.5) is 11.4 Å². The van der Waals surface area contributed by atoms with Gasteiger partial charge in [0.15, 0.2) is 0 Å². The van der Waals surface area contributed by atoms with E-state index < -0.39 is 5.97 Å². The third-order valence-electron chi connectivity index (χ3n) is 6.97. The van der Waals surface area contributed by atoms with E-state index in [2.05, 4.69) is 6.58 Å². The minimum atomic E-state index is -0.443. The molecule has 7 nitrogen and oxygen atoms in total. The number of unbranched alkanes of at least 4 members (excludes halogenated alkanes) is 3. The summed E-state index contributed by atoms with van der Waals surface area (Å²) in [6, 6.07) is 12.4. The number of esters is 2. The lowest BCUT2D eigenvalue weighted by molar-refractivity contribution is -0.141. The predicted octanol–water partition coefficient (Wildman–Crippen LogP) is 6.44. The molecule has 7 heteroatoms. The van der Waals surface area contributed by atoms with E-state index in [9.17, 15) is 9.59 Å². The van der Waals surface area contributed by atoms with Crippen LogP contribution >= 0.6 is 0 Å². The number of hydrogen-bond acceptors (Lipinski definition) is 7. The highest BCUT2D eigenvalue weighted by molar-refractivity contribution is 5.87. The number of rotatable bonds is 14. The van der Waals surface area contributed by atoms with Crippen molar-refractivity contribution in [3.8, 4) is 5.75 Å². The van der Waals surface area contributed by atoms with Crippen molar-refractivity contribution < 1.29 is 23.8 Å². The van der Waals surface area contributed by atoms with Gasteiger partial charge >= 0.3 is 11.9 Å². The number of nitrogens with two attached hydrogens (primary N) is 2. The maximum absolute atomic E-state index is 12.6. The van der Waals surface area contributed by atoms with Gasteiger partial charge in [0.1, 0.15) is 5.75 Å². The molecule has 210 valence electrons. The Morgan fingerprint density at radius 2 is 1.69 bits per heavy atom. The number of hydrogen-bond donors (Lipinski definition) is 2. The summed E-state index contributed by atoms with van der Waals surface area (Å²) in [5.41, 5.74) is 14.6. The van der Waals surface area contributed by atoms with Gasteiger partial charge in [-0.3, -0.25) is 4.79 Å². The van der Waals surface area contributed by atoms with E-state index in [1.165, 1.54) is 6.08 Å². The van der Waals surface area contributed by atoms with E-state index in [0.717, 1.165) is 69.1 Å². The second kappa shape index (κ2) is 15.7. The Morgan fingerprint density at radius 3 is 2.36 bits per heavy atom. The molecule has 0 amide bonds. The van der Waals surface area contributed by atoms with E-state index in [-0.39, 0.29) is 30.5 Å². The zero-order valence-electron chi connectivity index (χ0n) is 23.0. The van der Waals surface area contributed by atoms with Crippen molar-refractivity contribution in [2.24, 2.45) is 5.92 Å². The Kier molecular flexibility index (Phi) is 12.1. The van der Waals surface area contributed by atoms with Crippen molar-refractivity contribution in [3.63, 3.8) is 0 Å². The highest BCUT2D eigenvalue weighted by atomic mass is 16.5. The lowest BCUT2D eigenvalue weighted by atomic mass is 9.87. The van der Waals surface area contributed by atoms with Gasteiger partial charge in [-0.05, 0) is 92.5 Å². The molecule has 0 aromatic heterocycles. The van der Waals surface area contributed by atoms with Crippen LogP contribution in [0.2, 0.25) is 0 Å². The fourth-order valence-corrected chi connectivity index (χ4v) is 4.63. The summed E-state index contributed by atoms with van der Waals surface area (Å²) < 4.78 is 17.0. The Bertz CT molecular complexity index is 1080. The van der Waals surface area contributed by atoms with Crippen LogP contribution < -0.4 is 16.2 Å². The Labute approximate surface area is 232 Å². The number of nitrogen functional groups attached to an aromatic ring is 2. The molecule has 0 saturated heterocycles. The minimum absolute atomic E-state index is 0.0397. The second-order valence-corrected chi connectivity index (χ2v) is 10.3. The van der Waals surface area contributed by atoms with Gasteiger partial charge in [-0.15, -0.1) is 6.58 Å². The van der Waals surface area contributed by atoms with Gasteiger partial charge in [0.2, 0.25) is 0 Å². The first-order chi connectivity index (χ1) is 18.8. The molecule has 1 unspecified atom stereocenters. The Balaban J connectivity index is 1.36. The van der Waals surface area contributed by atoms with Gasteiger partial charge in [0, 0.05) is 30.0 Å². The summed E-state index contributed by atoms with van der Waals surface area (Å²) in [5, 5.41) is 0. The van der Waals surface area contributed by atoms with Gasteiger partial charge in [-0.25, -0.2) is 4.79 Å². The zero-order chi connectivity index (χ0) is 28.0. The van der Waals surface area contributed by atoms with Crippen LogP contribution in [0.25, 0.3) is 6.08 Å². The standard InChI is InChI=1S/C32H42N2O5/c1-3-4-5-6-7-18-37-29-15-11-25(12-16-29)32(36)39-30-13-8-24(9-14-30)10-17-31(35)38-22-23(2)26-19-27(33)21-28(34)20-26/h3,8-10,13-14,17,19-21,23,25,29H,1,4-7,11-12,15-16,18,22,33-34H2,2H3. The molecule has 2 aromatic rings. The maximum Gasteiger partial charge on any atom is 0.330 e. The minimum Gasteiger partial charge on any atom is -0.462 e. The number of allylic oxidation sites excluding steroid dienone is 1. The Hall–Kier alpha value is -3.58. The summed E-state index contributed by atoms with van der Waals surface area (Å²) in [7, 11) is 0. The lowest BCUT2D eigenvalue weighted by Gasteiger charge is -2.27. The van der Waals surface area contributed by atoms with Crippen LogP contribution in [0.3, 0.4) is 0 Å². The van der Waals surface area contributed by atoms with Gasteiger partial charge in [0.25, 0.3) is 0 Å². The molecule has 3 rings (SSSR count). The largest absolute Gasteiger partial charge is 0.462 e. The molecule has 0 radical (unpaired) electrons. The first-order valence-corrected chi connectivity index (χ1v) is 13.9. The fraction of sp³-hybridized carbons (Fsp3) is 0.438. The fourth-order valence-electron chi connectivity index (χ4n) is 4.63. The van der Waals surface area contributed by atoms with Gasteiger partial charge in [-0.1, -0.05) is 31.6 Å². The summed E-state index contributed by atoms with van der Waals surface area (Å²) in [5.74, 6) is -0.282. The van der Waals surface area contributed by atoms with Crippen molar-refractivity contribution in [1.82, 2.24) is 0 Å². The van der Waals surface area contributed by atoms with Gasteiger partial charge in [0.05, 0.1) is 18.6 Å². The number of carbonyl (C=O) groups excluding carboxylic acids is 2. The van der Waals surface area contributed by atoms with Gasteiger partial charge in [-0.2, -0.15) is 0 Å². The molecule has 0 aliphatic heterocycles. The van der Waals surface area contributed by atoms with Crippen LogP contribution in [-0.2, 0) is 19.1 Å². The smallest absolute Gasteiger partial charge is 0.330 e. The highest BCUT2D eigenvalue weighted by Crippen LogP contribution is 2.28. The molecule has 1 aliphatic carbocycles. The molecule has 1 aliphatic rings. The monoisotopic (exact) mass is 534 g/mol. The molecule has 0 heterocycles. The highest BCUT2D eigenvalue weighted by Gasteiger charge is 2.28. The van der Waals surface area contributed by atoms with Crippen molar-refractivity contribution >= 4 is 29.4 Å². The normalized spacial score (nSPS) is 18.0. The van der Waals surface area contributed by atoms with Crippen LogP contribution in [0.15, 0.2) is 61.2 Å². The third kappa shape index (κ3) is 10.6. The van der Waals surface area contributed by atoms with Crippen molar-refractivity contribution in [3.05, 3.63) is 72.3 Å². The number of carbonyl (C=O) groups is 2. The first-order valence-electron chi connectivity index (χ1n) is 13.9. The average molecular weight is 535 g/mol. The molecule has 1 fully saturated rings. The molecule has 0 spiro atoms. The molecular formula is C32H42N2O5. The van der Waals surface area contributed by atoms with Crippen molar-refractivity contribution in [2.45, 2.75) is 70.3 Å². The number of benzene rings is 2. The quantitative estimate of drug-likeness (QED) is 0.0716. The van der Waals surface area contributed by atoms with Crippen LogP contribution in [-0.4, -0.2) is 31.3 Å². The molecule has 1 saturated carbocycles. The number of anilines is 2. The van der Waals surface area contributed by atoms with Crippen LogP contribution in [0.5, 0.6) is 5.75 Å². The van der Waals surface area contributed by atoms with E-state index in [1.807, 2.05) is 25.1 Å². The SMILES string of the molecule is C=CCCCCCOC1CCC(C(=O)Oc2ccc(C=CC(=O)OCC(C)c3cc(N)cc(N)c3)cc2)CC1. The summed E-state index contributed by atoms with van der Waals surface area (Å²) >= 11 is 0. The summed E-state index contributed by atoms with van der Waals surface area (Å²) in [4.78, 5) is 24.8. The molecule has 2 aromatic carbocycles. The van der Waals surface area contributed by atoms with E-state index in [0.29, 0.717) is 17.1 Å². The topological polar surface area (TPSA) is 114 Å². The molecular weight excluding hydrogens is 492 g/mol. The summed E-state index contributed by atoms with van der Waals surface area (Å²) in [6.45, 7) is 6.69. The lowest BCUT2D eigenvalue weighted by Crippen LogP contribution is -2.29. The second-order valence-electron chi connectivity index (χ2n) is 10.3. The number of ether oxygens (including phenoxy) is 3. The molecule has 0 bridgehead atoms. The van der Waals surface area contributed by atoms with Crippen LogP contribution in [0.1, 0.15) is 75.3 Å². The zero-order valence-corrected chi connectivity index (χ0v) is 23.0. The molecule has 39 heavy (non-hydrogen) atoms. The Morgan fingerprint density at radius 1 is 1.00 bits per heavy atom. The van der Waals surface area contributed by atoms with Crippen LogP contribution in [0, 0.1) is 5.92 Å². The summed E-state index contributed by atoms with van der Waals surface area (Å²) in [6.07, 6.45) is 13.0. The van der Waals surface area contributed by atoms with Crippen molar-refractivity contribution in [1.29, 1.82) is 0 Å². The van der Waals surface area contributed by atoms with E-state index in [4.69, 9.17) is 25.7 Å². The van der Waals surface area contributed by atoms with E-state index >= 15 is 0 Å². The van der Waals surface area contributed by atoms with Gasteiger partial charge < -0.3 is 25.7 Å². The predicted molar refractivity (Wildman–Crippen MR) is 156 cm³/mol. The third-order valence-corrected chi connectivity index (χ3v) is 6.97. The molecule has 1 atom stereocenters.